The van der Waals surface area contributed by atoms with E-state index in [4.69, 9.17) is 0 Å². The monoisotopic (exact) mass is 147 g/mol. The van der Waals surface area contributed by atoms with Crippen molar-refractivity contribution in [2.24, 2.45) is 0 Å². The Balaban J connectivity index is 2.71. The Kier molecular flexibility index (Phi) is 2.73. The standard InChI is InChI=1S/C10H13N/c1-9-6-4-3-5-7-10(2)11-8-9/h3-5,7-8,11H,2,6H2,1H3/b4-3-,7-5-,9-8-. The summed E-state index contributed by atoms with van der Waals surface area (Å²) < 4.78 is 0. The van der Waals surface area contributed by atoms with Crippen molar-refractivity contribution in [1.29, 1.82) is 0 Å². The van der Waals surface area contributed by atoms with Gasteiger partial charge in [-0.05, 0) is 19.4 Å². The van der Waals surface area contributed by atoms with Gasteiger partial charge in [0.1, 0.15) is 0 Å². The zero-order valence-electron chi connectivity index (χ0n) is 6.80. The Morgan fingerprint density at radius 1 is 1.45 bits per heavy atom. The van der Waals surface area contributed by atoms with Gasteiger partial charge in [-0.25, -0.2) is 0 Å². The van der Waals surface area contributed by atoms with Crippen LogP contribution in [0.5, 0.6) is 0 Å². The van der Waals surface area contributed by atoms with Crippen molar-refractivity contribution in [1.82, 2.24) is 5.32 Å². The van der Waals surface area contributed by atoms with Crippen LogP contribution in [0.15, 0.2) is 48.4 Å². The number of hydrogen-bond acceptors (Lipinski definition) is 1. The average Bonchev–Trinajstić information content (AvgIpc) is 2.06. The van der Waals surface area contributed by atoms with Crippen molar-refractivity contribution in [3.63, 3.8) is 0 Å². The molecule has 1 heteroatoms. The van der Waals surface area contributed by atoms with E-state index >= 15 is 0 Å². The van der Waals surface area contributed by atoms with Gasteiger partial charge in [0.15, 0.2) is 0 Å². The van der Waals surface area contributed by atoms with Crippen LogP contribution in [0, 0.1) is 0 Å². The summed E-state index contributed by atoms with van der Waals surface area (Å²) in [7, 11) is 0. The Morgan fingerprint density at radius 3 is 3.09 bits per heavy atom. The van der Waals surface area contributed by atoms with Crippen molar-refractivity contribution in [2.45, 2.75) is 13.3 Å². The molecule has 0 amide bonds. The molecule has 0 spiro atoms. The Bertz CT molecular complexity index is 231. The second kappa shape index (κ2) is 3.81. The lowest BCUT2D eigenvalue weighted by Crippen LogP contribution is -2.00. The van der Waals surface area contributed by atoms with Crippen molar-refractivity contribution in [3.8, 4) is 0 Å². The molecule has 1 aliphatic rings. The topological polar surface area (TPSA) is 12.0 Å². The van der Waals surface area contributed by atoms with Crippen LogP contribution < -0.4 is 5.32 Å². The molecule has 0 bridgehead atoms. The van der Waals surface area contributed by atoms with E-state index in [9.17, 15) is 0 Å². The van der Waals surface area contributed by atoms with E-state index in [1.54, 1.807) is 0 Å². The van der Waals surface area contributed by atoms with Crippen LogP contribution in [-0.2, 0) is 0 Å². The molecule has 11 heavy (non-hydrogen) atoms. The minimum absolute atomic E-state index is 0.927. The van der Waals surface area contributed by atoms with Gasteiger partial charge in [0, 0.05) is 11.9 Å². The van der Waals surface area contributed by atoms with E-state index in [1.807, 2.05) is 24.4 Å². The molecule has 0 radical (unpaired) electrons. The molecule has 0 atom stereocenters. The first-order valence-electron chi connectivity index (χ1n) is 3.73. The van der Waals surface area contributed by atoms with Gasteiger partial charge in [0.2, 0.25) is 0 Å². The van der Waals surface area contributed by atoms with Gasteiger partial charge in [-0.1, -0.05) is 30.4 Å². The van der Waals surface area contributed by atoms with Crippen molar-refractivity contribution in [2.75, 3.05) is 0 Å². The van der Waals surface area contributed by atoms with Gasteiger partial charge < -0.3 is 5.32 Å². The second-order valence-electron chi connectivity index (χ2n) is 2.65. The molecule has 0 aromatic heterocycles. The fourth-order valence-electron chi connectivity index (χ4n) is 0.827. The van der Waals surface area contributed by atoms with Crippen LogP contribution in [0.4, 0.5) is 0 Å². The van der Waals surface area contributed by atoms with Crippen LogP contribution in [0.1, 0.15) is 13.3 Å². The molecule has 1 aliphatic heterocycles. The van der Waals surface area contributed by atoms with E-state index < -0.39 is 0 Å². The molecule has 0 aromatic rings. The largest absolute Gasteiger partial charge is 0.362 e. The van der Waals surface area contributed by atoms with E-state index in [0.717, 1.165) is 12.1 Å². The predicted molar refractivity (Wildman–Crippen MR) is 48.9 cm³/mol. The fourth-order valence-corrected chi connectivity index (χ4v) is 0.827. The molecule has 0 unspecified atom stereocenters. The Labute approximate surface area is 67.8 Å². The maximum atomic E-state index is 3.82. The summed E-state index contributed by atoms with van der Waals surface area (Å²) in [5.74, 6) is 0. The van der Waals surface area contributed by atoms with Gasteiger partial charge in [-0.3, -0.25) is 0 Å². The maximum Gasteiger partial charge on any atom is 0.0306 e. The van der Waals surface area contributed by atoms with Crippen LogP contribution in [0.25, 0.3) is 0 Å². The highest BCUT2D eigenvalue weighted by Crippen LogP contribution is 2.02. The average molecular weight is 147 g/mol. The molecule has 1 heterocycles. The number of nitrogens with one attached hydrogen (secondary N) is 1. The molecular weight excluding hydrogens is 134 g/mol. The molecule has 0 aromatic carbocycles. The number of allylic oxidation sites excluding steroid dienone is 5. The normalized spacial score (nSPS) is 28.5. The zero-order chi connectivity index (χ0) is 8.10. The molecule has 0 aliphatic carbocycles. The van der Waals surface area contributed by atoms with Crippen molar-refractivity contribution >= 4 is 0 Å². The third kappa shape index (κ3) is 2.89. The summed E-state index contributed by atoms with van der Waals surface area (Å²) in [5.41, 5.74) is 2.24. The quantitative estimate of drug-likeness (QED) is 0.555. The molecule has 1 rings (SSSR count). The second-order valence-corrected chi connectivity index (χ2v) is 2.65. The van der Waals surface area contributed by atoms with Crippen molar-refractivity contribution < 1.29 is 0 Å². The zero-order valence-corrected chi connectivity index (χ0v) is 6.80. The SMILES string of the molecule is C=C1/C=C\C=C/C/C(C)=C\N1. The first kappa shape index (κ1) is 7.86. The van der Waals surface area contributed by atoms with Gasteiger partial charge in [0.05, 0.1) is 0 Å². The highest BCUT2D eigenvalue weighted by Gasteiger charge is 1.87. The van der Waals surface area contributed by atoms with Crippen LogP contribution in [0.2, 0.25) is 0 Å². The first-order chi connectivity index (χ1) is 5.29. The van der Waals surface area contributed by atoms with E-state index in [0.29, 0.717) is 0 Å². The van der Waals surface area contributed by atoms with Crippen LogP contribution >= 0.6 is 0 Å². The smallest absolute Gasteiger partial charge is 0.0306 e. The predicted octanol–water partition coefficient (Wildman–Crippen LogP) is 2.51. The van der Waals surface area contributed by atoms with E-state index in [-0.39, 0.29) is 0 Å². The molecule has 1 N–H and O–H groups in total. The fraction of sp³-hybridized carbons (Fsp3) is 0.200. The highest BCUT2D eigenvalue weighted by atomic mass is 14.8. The summed E-state index contributed by atoms with van der Waals surface area (Å²) in [6.07, 6.45) is 11.1. The third-order valence-electron chi connectivity index (χ3n) is 1.49. The molecule has 0 saturated heterocycles. The van der Waals surface area contributed by atoms with Gasteiger partial charge in [-0.2, -0.15) is 0 Å². The minimum Gasteiger partial charge on any atom is -0.362 e. The molecule has 58 valence electrons. The van der Waals surface area contributed by atoms with Gasteiger partial charge >= 0.3 is 0 Å². The number of hydrogen-bond donors (Lipinski definition) is 1. The Hall–Kier alpha value is -1.24. The lowest BCUT2D eigenvalue weighted by molar-refractivity contribution is 1.06. The lowest BCUT2D eigenvalue weighted by atomic mass is 10.2. The number of rotatable bonds is 0. The Morgan fingerprint density at radius 2 is 2.27 bits per heavy atom. The van der Waals surface area contributed by atoms with Crippen molar-refractivity contribution in [3.05, 3.63) is 48.4 Å². The minimum atomic E-state index is 0.927. The lowest BCUT2D eigenvalue weighted by Gasteiger charge is -1.99. The van der Waals surface area contributed by atoms with Crippen LogP contribution in [0.3, 0.4) is 0 Å². The summed E-state index contributed by atoms with van der Waals surface area (Å²) in [4.78, 5) is 0. The van der Waals surface area contributed by atoms with Crippen LogP contribution in [-0.4, -0.2) is 0 Å². The van der Waals surface area contributed by atoms with Gasteiger partial charge in [0.25, 0.3) is 0 Å². The summed E-state index contributed by atoms with van der Waals surface area (Å²) in [6, 6.07) is 0. The molecular formula is C10H13N. The molecule has 1 nitrogen and oxygen atoms in total. The summed E-state index contributed by atoms with van der Waals surface area (Å²) in [5, 5.41) is 3.09. The van der Waals surface area contributed by atoms with Gasteiger partial charge in [-0.15, -0.1) is 0 Å². The maximum absolute atomic E-state index is 3.82. The highest BCUT2D eigenvalue weighted by molar-refractivity contribution is 5.22. The molecule has 0 saturated carbocycles. The summed E-state index contributed by atoms with van der Waals surface area (Å²) >= 11 is 0. The van der Waals surface area contributed by atoms with E-state index in [1.165, 1.54) is 5.57 Å². The van der Waals surface area contributed by atoms with E-state index in [2.05, 4.69) is 24.9 Å². The molecule has 0 fully saturated rings. The summed E-state index contributed by atoms with van der Waals surface area (Å²) in [6.45, 7) is 5.91. The third-order valence-corrected chi connectivity index (χ3v) is 1.49. The first-order valence-corrected chi connectivity index (χ1v) is 3.73.